The van der Waals surface area contributed by atoms with Gasteiger partial charge in [-0.25, -0.2) is 4.98 Å². The zero-order valence-electron chi connectivity index (χ0n) is 11.7. The number of oxime groups is 1. The fourth-order valence-corrected chi connectivity index (χ4v) is 3.06. The van der Waals surface area contributed by atoms with Crippen molar-refractivity contribution in [2.75, 3.05) is 0 Å². The molecule has 0 fully saturated rings. The van der Waals surface area contributed by atoms with E-state index in [0.29, 0.717) is 5.56 Å². The molecule has 0 atom stereocenters. The van der Waals surface area contributed by atoms with Crippen molar-refractivity contribution >= 4 is 17.6 Å². The van der Waals surface area contributed by atoms with Gasteiger partial charge in [-0.05, 0) is 49.6 Å². The highest BCUT2D eigenvalue weighted by molar-refractivity contribution is 7.99. The molecule has 0 unspecified atom stereocenters. The molecule has 104 valence electrons. The van der Waals surface area contributed by atoms with Crippen LogP contribution in [0.15, 0.2) is 45.5 Å². The first-order valence-corrected chi connectivity index (χ1v) is 7.03. The van der Waals surface area contributed by atoms with Gasteiger partial charge < -0.3 is 10.9 Å². The van der Waals surface area contributed by atoms with Crippen LogP contribution in [-0.4, -0.2) is 16.0 Å². The van der Waals surface area contributed by atoms with Crippen LogP contribution in [0.5, 0.6) is 0 Å². The standard InChI is InChI=1S/C15H17N3OS/c1-9-4-5-10(2)12(8-9)20-15-13(14(16)18-19)11(3)6-7-17-15/h4-8,19H,1-3H3,(H2,16,18). The molecule has 0 spiro atoms. The highest BCUT2D eigenvalue weighted by atomic mass is 32.2. The maximum atomic E-state index is 8.93. The van der Waals surface area contributed by atoms with Crippen LogP contribution < -0.4 is 5.73 Å². The molecular weight excluding hydrogens is 270 g/mol. The lowest BCUT2D eigenvalue weighted by molar-refractivity contribution is 0.318. The number of hydrogen-bond donors (Lipinski definition) is 2. The predicted octanol–water partition coefficient (Wildman–Crippen LogP) is 3.25. The van der Waals surface area contributed by atoms with Crippen molar-refractivity contribution in [3.63, 3.8) is 0 Å². The van der Waals surface area contributed by atoms with Crippen LogP contribution in [0.25, 0.3) is 0 Å². The molecule has 20 heavy (non-hydrogen) atoms. The SMILES string of the molecule is Cc1ccc(C)c(Sc2nccc(C)c2/C(N)=N/O)c1. The molecule has 1 aromatic carbocycles. The van der Waals surface area contributed by atoms with E-state index in [9.17, 15) is 0 Å². The lowest BCUT2D eigenvalue weighted by Gasteiger charge is -2.11. The molecule has 5 heteroatoms. The van der Waals surface area contributed by atoms with Crippen molar-refractivity contribution in [2.45, 2.75) is 30.7 Å². The molecule has 3 N–H and O–H groups in total. The molecular formula is C15H17N3OS. The summed E-state index contributed by atoms with van der Waals surface area (Å²) in [5.74, 6) is 0.0865. The van der Waals surface area contributed by atoms with E-state index in [4.69, 9.17) is 10.9 Å². The second-order valence-corrected chi connectivity index (χ2v) is 5.69. The Balaban J connectivity index is 2.49. The lowest BCUT2D eigenvalue weighted by Crippen LogP contribution is -2.16. The summed E-state index contributed by atoms with van der Waals surface area (Å²) >= 11 is 1.53. The monoisotopic (exact) mass is 287 g/mol. The fraction of sp³-hybridized carbons (Fsp3) is 0.200. The van der Waals surface area contributed by atoms with Gasteiger partial charge in [-0.15, -0.1) is 0 Å². The van der Waals surface area contributed by atoms with E-state index in [1.54, 1.807) is 6.20 Å². The highest BCUT2D eigenvalue weighted by Crippen LogP contribution is 2.32. The maximum absolute atomic E-state index is 8.93. The van der Waals surface area contributed by atoms with Gasteiger partial charge in [0.1, 0.15) is 5.03 Å². The number of nitrogens with zero attached hydrogens (tertiary/aromatic N) is 2. The summed E-state index contributed by atoms with van der Waals surface area (Å²) in [7, 11) is 0. The minimum atomic E-state index is 0.0865. The van der Waals surface area contributed by atoms with Gasteiger partial charge in [0.15, 0.2) is 5.84 Å². The summed E-state index contributed by atoms with van der Waals surface area (Å²) in [6, 6.07) is 8.12. The van der Waals surface area contributed by atoms with E-state index in [0.717, 1.165) is 15.5 Å². The van der Waals surface area contributed by atoms with Gasteiger partial charge in [-0.1, -0.05) is 29.1 Å². The van der Waals surface area contributed by atoms with E-state index in [1.165, 1.54) is 22.9 Å². The maximum Gasteiger partial charge on any atom is 0.173 e. The second kappa shape index (κ2) is 5.96. The highest BCUT2D eigenvalue weighted by Gasteiger charge is 2.14. The molecule has 0 bridgehead atoms. The number of pyridine rings is 1. The minimum absolute atomic E-state index is 0.0865. The molecule has 0 aliphatic rings. The minimum Gasteiger partial charge on any atom is -0.409 e. The van der Waals surface area contributed by atoms with Crippen LogP contribution >= 0.6 is 11.8 Å². The topological polar surface area (TPSA) is 71.5 Å². The van der Waals surface area contributed by atoms with Gasteiger partial charge in [-0.3, -0.25) is 0 Å². The molecule has 0 aliphatic heterocycles. The molecule has 0 amide bonds. The average molecular weight is 287 g/mol. The molecule has 2 aromatic rings. The van der Waals surface area contributed by atoms with Crippen LogP contribution in [0, 0.1) is 20.8 Å². The van der Waals surface area contributed by atoms with Crippen molar-refractivity contribution in [2.24, 2.45) is 10.9 Å². The van der Waals surface area contributed by atoms with Gasteiger partial charge in [0.2, 0.25) is 0 Å². The summed E-state index contributed by atoms with van der Waals surface area (Å²) in [4.78, 5) is 5.49. The number of amidine groups is 1. The first kappa shape index (κ1) is 14.4. The van der Waals surface area contributed by atoms with Crippen LogP contribution in [0.4, 0.5) is 0 Å². The largest absolute Gasteiger partial charge is 0.409 e. The Bertz CT molecular complexity index is 668. The van der Waals surface area contributed by atoms with E-state index < -0.39 is 0 Å². The second-order valence-electron chi connectivity index (χ2n) is 4.66. The first-order chi connectivity index (χ1) is 9.52. The fourth-order valence-electron chi connectivity index (χ4n) is 1.89. The number of aromatic nitrogens is 1. The normalized spacial score (nSPS) is 11.7. The van der Waals surface area contributed by atoms with Crippen LogP contribution in [0.2, 0.25) is 0 Å². The predicted molar refractivity (Wildman–Crippen MR) is 81.5 cm³/mol. The number of aryl methyl sites for hydroxylation is 3. The van der Waals surface area contributed by atoms with Gasteiger partial charge in [0.25, 0.3) is 0 Å². The van der Waals surface area contributed by atoms with E-state index in [1.807, 2.05) is 13.0 Å². The Morgan fingerprint density at radius 1 is 1.20 bits per heavy atom. The molecule has 4 nitrogen and oxygen atoms in total. The van der Waals surface area contributed by atoms with E-state index in [2.05, 4.69) is 42.2 Å². The Labute approximate surface area is 122 Å². The van der Waals surface area contributed by atoms with Crippen molar-refractivity contribution < 1.29 is 5.21 Å². The molecule has 1 heterocycles. The summed E-state index contributed by atoms with van der Waals surface area (Å²) in [6.45, 7) is 6.03. The Morgan fingerprint density at radius 2 is 1.95 bits per heavy atom. The van der Waals surface area contributed by atoms with Crippen LogP contribution in [0.3, 0.4) is 0 Å². The number of rotatable bonds is 3. The van der Waals surface area contributed by atoms with Gasteiger partial charge >= 0.3 is 0 Å². The third-order valence-corrected chi connectivity index (χ3v) is 4.20. The van der Waals surface area contributed by atoms with E-state index in [-0.39, 0.29) is 5.84 Å². The Kier molecular flexibility index (Phi) is 4.29. The third-order valence-electron chi connectivity index (χ3n) is 3.04. The summed E-state index contributed by atoms with van der Waals surface area (Å²) in [6.07, 6.45) is 1.73. The van der Waals surface area contributed by atoms with Crippen molar-refractivity contribution in [1.82, 2.24) is 4.98 Å². The average Bonchev–Trinajstić information content (AvgIpc) is 2.42. The molecule has 0 saturated heterocycles. The zero-order chi connectivity index (χ0) is 14.7. The van der Waals surface area contributed by atoms with Gasteiger partial charge in [0.05, 0.1) is 5.56 Å². The Morgan fingerprint density at radius 3 is 2.65 bits per heavy atom. The van der Waals surface area contributed by atoms with Crippen molar-refractivity contribution in [3.8, 4) is 0 Å². The van der Waals surface area contributed by atoms with Crippen LogP contribution in [0.1, 0.15) is 22.3 Å². The molecule has 0 aliphatic carbocycles. The molecule has 0 saturated carbocycles. The smallest absolute Gasteiger partial charge is 0.173 e. The molecule has 0 radical (unpaired) electrons. The summed E-state index contributed by atoms with van der Waals surface area (Å²) < 4.78 is 0. The van der Waals surface area contributed by atoms with Gasteiger partial charge in [-0.2, -0.15) is 0 Å². The lowest BCUT2D eigenvalue weighted by atomic mass is 10.1. The Hall–Kier alpha value is -2.01. The van der Waals surface area contributed by atoms with Crippen LogP contribution in [-0.2, 0) is 0 Å². The van der Waals surface area contributed by atoms with Crippen molar-refractivity contribution in [3.05, 3.63) is 52.7 Å². The summed E-state index contributed by atoms with van der Waals surface area (Å²) in [5, 5.41) is 12.8. The van der Waals surface area contributed by atoms with E-state index >= 15 is 0 Å². The molecule has 2 rings (SSSR count). The first-order valence-electron chi connectivity index (χ1n) is 6.21. The number of benzene rings is 1. The van der Waals surface area contributed by atoms with Gasteiger partial charge in [0, 0.05) is 11.1 Å². The number of nitrogens with two attached hydrogens (primary N) is 1. The number of hydrogen-bond acceptors (Lipinski definition) is 4. The third kappa shape index (κ3) is 2.93. The summed E-state index contributed by atoms with van der Waals surface area (Å²) in [5.41, 5.74) is 9.75. The quantitative estimate of drug-likeness (QED) is 0.393. The molecule has 1 aromatic heterocycles. The zero-order valence-corrected chi connectivity index (χ0v) is 12.5. The van der Waals surface area contributed by atoms with Crippen molar-refractivity contribution in [1.29, 1.82) is 0 Å².